The fourth-order valence-electron chi connectivity index (χ4n) is 4.83. The molecule has 0 spiro atoms. The molecule has 2 heteroatoms. The zero-order valence-electron chi connectivity index (χ0n) is 14.8. The molecule has 0 saturated heterocycles. The van der Waals surface area contributed by atoms with Gasteiger partial charge >= 0.3 is 0 Å². The minimum absolute atomic E-state index is 0.172. The Morgan fingerprint density at radius 2 is 2.20 bits per heavy atom. The van der Waals surface area contributed by atoms with Crippen LogP contribution in [0.2, 0.25) is 0 Å². The zero-order valence-corrected chi connectivity index (χ0v) is 11.8. The summed E-state index contributed by atoms with van der Waals surface area (Å²) in [6, 6.07) is 5.55. The number of aliphatic hydroxyl groups is 1. The van der Waals surface area contributed by atoms with Gasteiger partial charge < -0.3 is 10.2 Å². The summed E-state index contributed by atoms with van der Waals surface area (Å²) < 4.78 is 25.2. The number of aliphatic hydroxyl groups excluding tert-OH is 1. The van der Waals surface area contributed by atoms with Gasteiger partial charge in [0.1, 0.15) is 5.75 Å². The third-order valence-electron chi connectivity index (χ3n) is 6.03. The smallest absolute Gasteiger partial charge is 0.115 e. The number of phenolic OH excluding ortho intramolecular Hbond substituents is 1. The summed E-state index contributed by atoms with van der Waals surface area (Å²) in [5.74, 6) is 0.477. The maximum Gasteiger partial charge on any atom is 0.115 e. The fraction of sp³-hybridized carbons (Fsp3) is 0.667. The SMILES string of the molecule is [2H]C1C(O)[C@@]2(C)CC[C@@H]3c4ccc(O)cc4CC[C@H]3[C@@H]2C1([2H])[2H]. The number of aromatic hydroxyl groups is 1. The molecule has 6 atom stereocenters. The molecule has 4 rings (SSSR count). The summed E-state index contributed by atoms with van der Waals surface area (Å²) in [6.07, 6.45) is -0.189. The van der Waals surface area contributed by atoms with Crippen molar-refractivity contribution in [2.24, 2.45) is 17.3 Å². The van der Waals surface area contributed by atoms with Crippen LogP contribution in [0.5, 0.6) is 5.75 Å². The van der Waals surface area contributed by atoms with E-state index in [0.29, 0.717) is 5.75 Å². The summed E-state index contributed by atoms with van der Waals surface area (Å²) >= 11 is 0. The second-order valence-electron chi connectivity index (χ2n) is 6.99. The third kappa shape index (κ3) is 1.60. The van der Waals surface area contributed by atoms with Crippen LogP contribution < -0.4 is 0 Å². The van der Waals surface area contributed by atoms with Crippen LogP contribution in [0.3, 0.4) is 0 Å². The number of benzene rings is 1. The minimum Gasteiger partial charge on any atom is -0.508 e. The predicted molar refractivity (Wildman–Crippen MR) is 78.7 cm³/mol. The molecule has 108 valence electrons. The van der Waals surface area contributed by atoms with Crippen molar-refractivity contribution in [2.45, 2.75) is 57.4 Å². The van der Waals surface area contributed by atoms with E-state index in [1.165, 1.54) is 11.1 Å². The lowest BCUT2D eigenvalue weighted by molar-refractivity contribution is -0.0226. The van der Waals surface area contributed by atoms with E-state index in [4.69, 9.17) is 4.11 Å². The Labute approximate surface area is 125 Å². The molecule has 0 amide bonds. The van der Waals surface area contributed by atoms with Gasteiger partial charge in [-0.3, -0.25) is 0 Å². The van der Waals surface area contributed by atoms with Crippen LogP contribution in [-0.4, -0.2) is 16.3 Å². The second kappa shape index (κ2) is 4.24. The Bertz CT molecular complexity index is 647. The minimum atomic E-state index is -1.65. The molecule has 0 aromatic heterocycles. The summed E-state index contributed by atoms with van der Waals surface area (Å²) in [5.41, 5.74) is 1.92. The molecule has 0 heterocycles. The summed E-state index contributed by atoms with van der Waals surface area (Å²) in [6.45, 7) is 1.98. The summed E-state index contributed by atoms with van der Waals surface area (Å²) in [7, 11) is 0. The van der Waals surface area contributed by atoms with Gasteiger partial charge in [0.2, 0.25) is 0 Å². The van der Waals surface area contributed by atoms with Gasteiger partial charge in [-0.1, -0.05) is 13.0 Å². The molecule has 2 unspecified atom stereocenters. The Morgan fingerprint density at radius 3 is 3.05 bits per heavy atom. The first kappa shape index (κ1) is 9.83. The average Bonchev–Trinajstić information content (AvgIpc) is 2.64. The van der Waals surface area contributed by atoms with E-state index in [-0.39, 0.29) is 17.8 Å². The lowest BCUT2D eigenvalue weighted by Crippen LogP contribution is -2.43. The molecule has 0 radical (unpaired) electrons. The summed E-state index contributed by atoms with van der Waals surface area (Å²) in [4.78, 5) is 0. The topological polar surface area (TPSA) is 40.5 Å². The first-order valence-corrected chi connectivity index (χ1v) is 7.69. The maximum atomic E-state index is 10.5. The van der Waals surface area contributed by atoms with Crippen molar-refractivity contribution in [2.75, 3.05) is 0 Å². The fourth-order valence-corrected chi connectivity index (χ4v) is 4.83. The Hall–Kier alpha value is -1.02. The van der Waals surface area contributed by atoms with E-state index in [0.717, 1.165) is 25.7 Å². The largest absolute Gasteiger partial charge is 0.508 e. The van der Waals surface area contributed by atoms with E-state index >= 15 is 0 Å². The highest BCUT2D eigenvalue weighted by atomic mass is 16.3. The van der Waals surface area contributed by atoms with Gasteiger partial charge in [0.25, 0.3) is 0 Å². The normalized spacial score (nSPS) is 51.1. The van der Waals surface area contributed by atoms with E-state index in [2.05, 4.69) is 0 Å². The Kier molecular flexibility index (Phi) is 2.08. The quantitative estimate of drug-likeness (QED) is 0.759. The lowest BCUT2D eigenvalue weighted by atomic mass is 9.55. The van der Waals surface area contributed by atoms with Gasteiger partial charge in [-0.25, -0.2) is 0 Å². The Morgan fingerprint density at radius 1 is 1.35 bits per heavy atom. The molecule has 2 fully saturated rings. The van der Waals surface area contributed by atoms with Crippen molar-refractivity contribution in [1.82, 2.24) is 0 Å². The predicted octanol–water partition coefficient (Wildman–Crippen LogP) is 3.61. The van der Waals surface area contributed by atoms with Crippen molar-refractivity contribution in [1.29, 1.82) is 0 Å². The van der Waals surface area contributed by atoms with Crippen LogP contribution >= 0.6 is 0 Å². The highest BCUT2D eigenvalue weighted by Crippen LogP contribution is 2.60. The van der Waals surface area contributed by atoms with Gasteiger partial charge in [-0.2, -0.15) is 0 Å². The standard InChI is InChI=1S/C18H24O2/c1-18-9-8-14-13-5-3-12(19)10-11(13)2-4-15(14)16(18)6-7-17(18)20/h3,5,10,14-17,19-20H,2,4,6-9H2,1H3/t14-,15-,16+,17?,18+/m1/s1/i6D2,7D/t7?,14-,15-,16+,17?,18+. The van der Waals surface area contributed by atoms with Gasteiger partial charge in [0.15, 0.2) is 0 Å². The molecule has 0 bridgehead atoms. The molecule has 1 aromatic rings. The Balaban J connectivity index is 1.78. The van der Waals surface area contributed by atoms with Gasteiger partial charge in [-0.05, 0) is 84.9 Å². The molecule has 2 nitrogen and oxygen atoms in total. The first-order valence-electron chi connectivity index (χ1n) is 9.26. The van der Waals surface area contributed by atoms with Crippen molar-refractivity contribution in [3.8, 4) is 5.75 Å². The van der Waals surface area contributed by atoms with E-state index < -0.39 is 24.3 Å². The number of hydrogen-bond donors (Lipinski definition) is 2. The van der Waals surface area contributed by atoms with Crippen LogP contribution in [0.25, 0.3) is 0 Å². The molecule has 20 heavy (non-hydrogen) atoms. The van der Waals surface area contributed by atoms with Gasteiger partial charge in [-0.15, -0.1) is 0 Å². The van der Waals surface area contributed by atoms with Gasteiger partial charge in [0.05, 0.1) is 6.10 Å². The van der Waals surface area contributed by atoms with E-state index in [1.807, 2.05) is 19.1 Å². The number of hydrogen-bond acceptors (Lipinski definition) is 2. The molecule has 0 aliphatic heterocycles. The number of rotatable bonds is 0. The van der Waals surface area contributed by atoms with Gasteiger partial charge in [0, 0.05) is 4.11 Å². The average molecular weight is 275 g/mol. The van der Waals surface area contributed by atoms with Crippen LogP contribution in [0, 0.1) is 17.3 Å². The third-order valence-corrected chi connectivity index (χ3v) is 6.03. The van der Waals surface area contributed by atoms with Crippen molar-refractivity contribution < 1.29 is 14.3 Å². The van der Waals surface area contributed by atoms with Crippen LogP contribution in [0.4, 0.5) is 0 Å². The first-order chi connectivity index (χ1) is 10.8. The molecule has 1 aromatic carbocycles. The number of phenols is 1. The van der Waals surface area contributed by atoms with Crippen molar-refractivity contribution in [3.05, 3.63) is 29.3 Å². The second-order valence-corrected chi connectivity index (χ2v) is 6.99. The van der Waals surface area contributed by atoms with E-state index in [9.17, 15) is 10.2 Å². The summed E-state index contributed by atoms with van der Waals surface area (Å²) in [5, 5.41) is 20.3. The highest BCUT2D eigenvalue weighted by Gasteiger charge is 2.54. The van der Waals surface area contributed by atoms with E-state index in [1.54, 1.807) is 6.07 Å². The van der Waals surface area contributed by atoms with Crippen LogP contribution in [0.1, 0.15) is 60.1 Å². The molecular formula is C18H24O2. The maximum absolute atomic E-state index is 10.5. The highest BCUT2D eigenvalue weighted by molar-refractivity contribution is 5.40. The zero-order chi connectivity index (χ0) is 16.6. The number of fused-ring (bicyclic) bond motifs is 5. The molecule has 3 aliphatic carbocycles. The molecule has 2 saturated carbocycles. The van der Waals surface area contributed by atoms with Crippen LogP contribution in [0.15, 0.2) is 18.2 Å². The van der Waals surface area contributed by atoms with Crippen molar-refractivity contribution >= 4 is 0 Å². The lowest BCUT2D eigenvalue weighted by Gasteiger charge is -2.50. The van der Waals surface area contributed by atoms with Crippen LogP contribution in [-0.2, 0) is 6.42 Å². The number of aryl methyl sites for hydroxylation is 1. The van der Waals surface area contributed by atoms with Crippen molar-refractivity contribution in [3.63, 3.8) is 0 Å². The monoisotopic (exact) mass is 275 g/mol. The molecule has 2 N–H and O–H groups in total. The molecular weight excluding hydrogens is 248 g/mol. The molecule has 3 aliphatic rings.